The van der Waals surface area contributed by atoms with Crippen molar-refractivity contribution in [1.29, 1.82) is 0 Å². The molecule has 1 heterocycles. The summed E-state index contributed by atoms with van der Waals surface area (Å²) in [6, 6.07) is 10.5. The standard InChI is InChI=1S/C19H21N2O5P/c1-20-12-4-6-14-16(10-12)26-17-11-13(21(2)3)5-7-15(17)19(14)27(24,25)9-8-18(22)23/h4-7,10-11H,8-9H2,1-3H3,(H,22,23)(H,24,25)/b20-12-. The molecule has 8 heteroatoms. The second kappa shape index (κ2) is 7.18. The van der Waals surface area contributed by atoms with Gasteiger partial charge in [-0.1, -0.05) is 0 Å². The van der Waals surface area contributed by atoms with Gasteiger partial charge in [0.25, 0.3) is 0 Å². The van der Waals surface area contributed by atoms with Crippen LogP contribution in [0.3, 0.4) is 0 Å². The Balaban J connectivity index is 2.36. The second-order valence-corrected chi connectivity index (χ2v) is 8.80. The third kappa shape index (κ3) is 3.75. The Morgan fingerprint density at radius 1 is 1.22 bits per heavy atom. The second-order valence-electron chi connectivity index (χ2n) is 6.50. The fraction of sp³-hybridized carbons (Fsp3) is 0.263. The van der Waals surface area contributed by atoms with Crippen molar-refractivity contribution in [2.45, 2.75) is 6.42 Å². The number of fused-ring (bicyclic) bond motifs is 2. The summed E-state index contributed by atoms with van der Waals surface area (Å²) in [5.74, 6) is -0.679. The number of rotatable bonds is 5. The normalized spacial score (nSPS) is 14.4. The molecule has 1 atom stereocenters. The number of benzene rings is 2. The fourth-order valence-corrected chi connectivity index (χ4v) is 4.84. The molecule has 1 aromatic carbocycles. The molecule has 3 rings (SSSR count). The first-order chi connectivity index (χ1) is 12.7. The molecule has 2 aliphatic rings. The molecular weight excluding hydrogens is 367 g/mol. The van der Waals surface area contributed by atoms with E-state index in [9.17, 15) is 14.3 Å². The average Bonchev–Trinajstić information content (AvgIpc) is 2.63. The summed E-state index contributed by atoms with van der Waals surface area (Å²) in [7, 11) is 1.49. The Morgan fingerprint density at radius 2 is 1.96 bits per heavy atom. The highest BCUT2D eigenvalue weighted by molar-refractivity contribution is 7.67. The highest BCUT2D eigenvalue weighted by atomic mass is 31.2. The van der Waals surface area contributed by atoms with Crippen LogP contribution in [0.25, 0.3) is 22.3 Å². The Labute approximate surface area is 156 Å². The summed E-state index contributed by atoms with van der Waals surface area (Å²) in [5.41, 5.74) is 1.83. The molecule has 7 nitrogen and oxygen atoms in total. The van der Waals surface area contributed by atoms with E-state index in [0.717, 1.165) is 5.69 Å². The van der Waals surface area contributed by atoms with E-state index in [1.54, 1.807) is 37.4 Å². The zero-order valence-corrected chi connectivity index (χ0v) is 16.2. The van der Waals surface area contributed by atoms with Crippen molar-refractivity contribution in [3.63, 3.8) is 0 Å². The fourth-order valence-electron chi connectivity index (χ4n) is 3.00. The summed E-state index contributed by atoms with van der Waals surface area (Å²) >= 11 is 0. The summed E-state index contributed by atoms with van der Waals surface area (Å²) in [6.45, 7) is 0. The van der Waals surface area contributed by atoms with Crippen LogP contribution in [0.4, 0.5) is 5.69 Å². The summed E-state index contributed by atoms with van der Waals surface area (Å²) in [4.78, 5) is 27.7. The zero-order valence-electron chi connectivity index (χ0n) is 15.3. The van der Waals surface area contributed by atoms with E-state index in [2.05, 4.69) is 4.99 Å². The van der Waals surface area contributed by atoms with Gasteiger partial charge in [-0.05, 0) is 24.3 Å². The molecule has 142 valence electrons. The molecule has 0 radical (unpaired) electrons. The molecule has 0 bridgehead atoms. The van der Waals surface area contributed by atoms with Gasteiger partial charge >= 0.3 is 5.97 Å². The minimum atomic E-state index is -3.94. The number of carboxylic acid groups (broad SMARTS) is 1. The maximum absolute atomic E-state index is 13.1. The molecule has 0 saturated heterocycles. The summed E-state index contributed by atoms with van der Waals surface area (Å²) in [6.07, 6.45) is -0.729. The summed E-state index contributed by atoms with van der Waals surface area (Å²) < 4.78 is 19.1. The van der Waals surface area contributed by atoms with Gasteiger partial charge in [0.15, 0.2) is 0 Å². The third-order valence-corrected chi connectivity index (χ3v) is 6.42. The molecular formula is C19H21N2O5P. The molecule has 0 saturated carbocycles. The van der Waals surface area contributed by atoms with Gasteiger partial charge in [-0.2, -0.15) is 0 Å². The molecule has 1 aliphatic carbocycles. The van der Waals surface area contributed by atoms with Gasteiger partial charge in [-0.3, -0.25) is 14.4 Å². The van der Waals surface area contributed by atoms with Crippen LogP contribution in [0, 0.1) is 0 Å². The number of hydrogen-bond donors (Lipinski definition) is 2. The largest absolute Gasteiger partial charge is 0.481 e. The molecule has 27 heavy (non-hydrogen) atoms. The van der Waals surface area contributed by atoms with Crippen LogP contribution < -0.4 is 15.6 Å². The van der Waals surface area contributed by atoms with E-state index >= 15 is 0 Å². The molecule has 0 fully saturated rings. The van der Waals surface area contributed by atoms with E-state index in [0.29, 0.717) is 27.7 Å². The molecule has 0 aromatic heterocycles. The Morgan fingerprint density at radius 3 is 2.59 bits per heavy atom. The number of aliphatic carboxylic acids is 1. The number of carboxylic acids is 1. The lowest BCUT2D eigenvalue weighted by Gasteiger charge is -2.20. The van der Waals surface area contributed by atoms with Crippen LogP contribution in [0.5, 0.6) is 0 Å². The van der Waals surface area contributed by atoms with Crippen LogP contribution in [0.1, 0.15) is 6.42 Å². The van der Waals surface area contributed by atoms with Crippen LogP contribution >= 0.6 is 7.37 Å². The van der Waals surface area contributed by atoms with E-state index in [4.69, 9.17) is 9.52 Å². The highest BCUT2D eigenvalue weighted by Gasteiger charge is 2.30. The van der Waals surface area contributed by atoms with Crippen molar-refractivity contribution in [1.82, 2.24) is 0 Å². The molecule has 1 aromatic rings. The minimum absolute atomic E-state index is 0.230. The van der Waals surface area contributed by atoms with Crippen LogP contribution in [-0.4, -0.2) is 43.3 Å². The zero-order chi connectivity index (χ0) is 19.8. The van der Waals surface area contributed by atoms with Gasteiger partial charge in [0.05, 0.1) is 17.1 Å². The molecule has 0 amide bonds. The molecule has 1 unspecified atom stereocenters. The van der Waals surface area contributed by atoms with Crippen LogP contribution in [0.15, 0.2) is 45.8 Å². The predicted molar refractivity (Wildman–Crippen MR) is 105 cm³/mol. The lowest BCUT2D eigenvalue weighted by atomic mass is 10.1. The average molecular weight is 388 g/mol. The maximum Gasteiger partial charge on any atom is 0.303 e. The van der Waals surface area contributed by atoms with E-state index in [-0.39, 0.29) is 17.9 Å². The Bertz CT molecular complexity index is 1100. The monoisotopic (exact) mass is 388 g/mol. The maximum atomic E-state index is 13.1. The molecule has 1 aliphatic heterocycles. The topological polar surface area (TPSA) is 103 Å². The van der Waals surface area contributed by atoms with E-state index < -0.39 is 13.3 Å². The predicted octanol–water partition coefficient (Wildman–Crippen LogP) is 2.50. The lowest BCUT2D eigenvalue weighted by Crippen LogP contribution is -2.17. The van der Waals surface area contributed by atoms with Crippen molar-refractivity contribution in [3.05, 3.63) is 41.8 Å². The Kier molecular flexibility index (Phi) is 5.09. The van der Waals surface area contributed by atoms with Gasteiger partial charge in [-0.25, -0.2) is 0 Å². The van der Waals surface area contributed by atoms with Gasteiger partial charge in [0.1, 0.15) is 11.3 Å². The van der Waals surface area contributed by atoms with Crippen LogP contribution in [-0.2, 0) is 9.36 Å². The Hall–Kier alpha value is -2.63. The van der Waals surface area contributed by atoms with E-state index in [1.807, 2.05) is 25.1 Å². The van der Waals surface area contributed by atoms with Gasteiger partial charge in [-0.15, -0.1) is 0 Å². The lowest BCUT2D eigenvalue weighted by molar-refractivity contribution is -0.136. The first-order valence-electron chi connectivity index (χ1n) is 8.38. The molecule has 2 N–H and O–H groups in total. The smallest absolute Gasteiger partial charge is 0.303 e. The first kappa shape index (κ1) is 19.1. The summed E-state index contributed by atoms with van der Waals surface area (Å²) in [5, 5.41) is 10.4. The number of anilines is 1. The number of nitrogens with zero attached hydrogens (tertiary/aromatic N) is 2. The van der Waals surface area contributed by atoms with Crippen LogP contribution in [0.2, 0.25) is 0 Å². The number of hydrogen-bond acceptors (Lipinski definition) is 5. The minimum Gasteiger partial charge on any atom is -0.481 e. The number of carbonyl (C=O) groups is 1. The van der Waals surface area contributed by atoms with Gasteiger partial charge in [0, 0.05) is 56.1 Å². The van der Waals surface area contributed by atoms with Crippen molar-refractivity contribution in [3.8, 4) is 11.3 Å². The van der Waals surface area contributed by atoms with Crippen molar-refractivity contribution >= 4 is 35.3 Å². The van der Waals surface area contributed by atoms with Crippen molar-refractivity contribution in [2.24, 2.45) is 4.99 Å². The van der Waals surface area contributed by atoms with Crippen molar-refractivity contribution < 1.29 is 23.8 Å². The highest BCUT2D eigenvalue weighted by Crippen LogP contribution is 2.46. The third-order valence-electron chi connectivity index (χ3n) is 4.41. The van der Waals surface area contributed by atoms with Gasteiger partial charge in [0.2, 0.25) is 7.37 Å². The SMILES string of the molecule is C/N=c1/ccc2c(P(=O)(O)CCC(=O)O)c3ccc(N(C)C)cc3oc-2c1. The molecule has 0 spiro atoms. The quantitative estimate of drug-likeness (QED) is 0.514. The van der Waals surface area contributed by atoms with Gasteiger partial charge < -0.3 is 19.3 Å². The van der Waals surface area contributed by atoms with Crippen molar-refractivity contribution in [2.75, 3.05) is 32.2 Å². The first-order valence-corrected chi connectivity index (χ1v) is 10.2. The van der Waals surface area contributed by atoms with E-state index in [1.165, 1.54) is 0 Å².